The Bertz CT molecular complexity index is 576. The Kier molecular flexibility index (Phi) is 6.60. The molecule has 7 heteroatoms. The smallest absolute Gasteiger partial charge is 0.323 e. The maximum atomic E-state index is 12.0. The fraction of sp³-hybridized carbons (Fsp3) is 0.471. The molecule has 0 aromatic heterocycles. The Morgan fingerprint density at radius 1 is 1.21 bits per heavy atom. The highest BCUT2D eigenvalue weighted by atomic mass is 16.4. The molecule has 0 unspecified atom stereocenters. The highest BCUT2D eigenvalue weighted by Gasteiger charge is 2.19. The van der Waals surface area contributed by atoms with Gasteiger partial charge in [0.25, 0.3) is 0 Å². The lowest BCUT2D eigenvalue weighted by atomic mass is 10.2. The van der Waals surface area contributed by atoms with Gasteiger partial charge in [0.05, 0.1) is 6.54 Å². The van der Waals surface area contributed by atoms with Gasteiger partial charge < -0.3 is 20.2 Å². The van der Waals surface area contributed by atoms with E-state index in [9.17, 15) is 14.4 Å². The molecule has 1 saturated heterocycles. The Hall–Kier alpha value is -2.57. The number of anilines is 1. The van der Waals surface area contributed by atoms with Gasteiger partial charge in [-0.05, 0) is 25.0 Å². The standard InChI is InChI=1S/C17H23N3O4/c21-15(18-9-5-11-19-10-4-8-16(19)22)12-20(13-17(23)24)14-6-2-1-3-7-14/h1-3,6-7H,4-5,8-13H2,(H,18,21)(H,23,24). The van der Waals surface area contributed by atoms with Gasteiger partial charge in [-0.3, -0.25) is 14.4 Å². The average Bonchev–Trinajstić information content (AvgIpc) is 2.96. The molecule has 1 aromatic rings. The number of hydrogen-bond donors (Lipinski definition) is 2. The minimum Gasteiger partial charge on any atom is -0.480 e. The van der Waals surface area contributed by atoms with Crippen LogP contribution in [0.2, 0.25) is 0 Å². The summed E-state index contributed by atoms with van der Waals surface area (Å²) in [5, 5.41) is 11.8. The van der Waals surface area contributed by atoms with E-state index < -0.39 is 5.97 Å². The molecule has 1 aliphatic heterocycles. The van der Waals surface area contributed by atoms with Gasteiger partial charge in [0.2, 0.25) is 11.8 Å². The minimum atomic E-state index is -0.987. The predicted octanol–water partition coefficient (Wildman–Crippen LogP) is 0.706. The van der Waals surface area contributed by atoms with Crippen LogP contribution in [0.5, 0.6) is 0 Å². The van der Waals surface area contributed by atoms with Crippen molar-refractivity contribution in [1.82, 2.24) is 10.2 Å². The third kappa shape index (κ3) is 5.57. The molecule has 1 aromatic carbocycles. The van der Waals surface area contributed by atoms with Crippen LogP contribution in [-0.2, 0) is 14.4 Å². The first kappa shape index (κ1) is 17.8. The topological polar surface area (TPSA) is 89.9 Å². The van der Waals surface area contributed by atoms with Crippen LogP contribution in [-0.4, -0.2) is 60.5 Å². The first-order chi connectivity index (χ1) is 11.6. The summed E-state index contributed by atoms with van der Waals surface area (Å²) >= 11 is 0. The molecule has 24 heavy (non-hydrogen) atoms. The Balaban J connectivity index is 1.75. The van der Waals surface area contributed by atoms with Gasteiger partial charge in [0.1, 0.15) is 6.54 Å². The van der Waals surface area contributed by atoms with Crippen molar-refractivity contribution in [2.75, 3.05) is 37.6 Å². The second kappa shape index (κ2) is 8.90. The van der Waals surface area contributed by atoms with Gasteiger partial charge in [-0.1, -0.05) is 18.2 Å². The van der Waals surface area contributed by atoms with Crippen LogP contribution >= 0.6 is 0 Å². The zero-order valence-corrected chi connectivity index (χ0v) is 13.6. The number of rotatable bonds is 9. The second-order valence-electron chi connectivity index (χ2n) is 5.77. The molecule has 2 N–H and O–H groups in total. The van der Waals surface area contributed by atoms with Crippen LogP contribution in [0.4, 0.5) is 5.69 Å². The van der Waals surface area contributed by atoms with Gasteiger partial charge in [-0.2, -0.15) is 0 Å². The van der Waals surface area contributed by atoms with Crippen LogP contribution in [0.3, 0.4) is 0 Å². The minimum absolute atomic E-state index is 0.0149. The largest absolute Gasteiger partial charge is 0.480 e. The van der Waals surface area contributed by atoms with Crippen LogP contribution < -0.4 is 10.2 Å². The summed E-state index contributed by atoms with van der Waals surface area (Å²) in [6, 6.07) is 8.98. The molecule has 0 radical (unpaired) electrons. The maximum Gasteiger partial charge on any atom is 0.323 e. The van der Waals surface area contributed by atoms with E-state index in [0.717, 1.165) is 13.0 Å². The zero-order valence-electron chi connectivity index (χ0n) is 13.6. The van der Waals surface area contributed by atoms with Gasteiger partial charge in [-0.15, -0.1) is 0 Å². The molecular weight excluding hydrogens is 310 g/mol. The van der Waals surface area contributed by atoms with E-state index >= 15 is 0 Å². The third-order valence-corrected chi connectivity index (χ3v) is 3.88. The molecular formula is C17H23N3O4. The summed E-state index contributed by atoms with van der Waals surface area (Å²) in [6.45, 7) is 1.67. The molecule has 2 rings (SSSR count). The fourth-order valence-electron chi connectivity index (χ4n) is 2.71. The average molecular weight is 333 g/mol. The molecule has 0 aliphatic carbocycles. The monoisotopic (exact) mass is 333 g/mol. The number of aliphatic carboxylic acids is 1. The number of benzene rings is 1. The quantitative estimate of drug-likeness (QED) is 0.650. The third-order valence-electron chi connectivity index (χ3n) is 3.88. The predicted molar refractivity (Wildman–Crippen MR) is 89.7 cm³/mol. The summed E-state index contributed by atoms with van der Waals surface area (Å²) < 4.78 is 0. The van der Waals surface area contributed by atoms with Crippen molar-refractivity contribution in [1.29, 1.82) is 0 Å². The number of nitrogens with zero attached hydrogens (tertiary/aromatic N) is 2. The molecule has 0 spiro atoms. The number of carbonyl (C=O) groups is 3. The van der Waals surface area contributed by atoms with Crippen molar-refractivity contribution in [2.24, 2.45) is 0 Å². The Labute approximate surface area is 141 Å². The van der Waals surface area contributed by atoms with Crippen molar-refractivity contribution in [3.05, 3.63) is 30.3 Å². The number of carbonyl (C=O) groups excluding carboxylic acids is 2. The SMILES string of the molecule is O=C(O)CN(CC(=O)NCCCN1CCCC1=O)c1ccccc1. The van der Waals surface area contributed by atoms with E-state index in [-0.39, 0.29) is 24.9 Å². The van der Waals surface area contributed by atoms with Crippen molar-refractivity contribution in [2.45, 2.75) is 19.3 Å². The van der Waals surface area contributed by atoms with Gasteiger partial charge in [0.15, 0.2) is 0 Å². The normalized spacial score (nSPS) is 13.8. The van der Waals surface area contributed by atoms with E-state index in [0.29, 0.717) is 31.6 Å². The maximum absolute atomic E-state index is 12.0. The van der Waals surface area contributed by atoms with Crippen LogP contribution in [0.1, 0.15) is 19.3 Å². The number of carboxylic acids is 1. The summed E-state index contributed by atoms with van der Waals surface area (Å²) in [4.78, 5) is 37.8. The lowest BCUT2D eigenvalue weighted by molar-refractivity contribution is -0.135. The Morgan fingerprint density at radius 3 is 2.58 bits per heavy atom. The van der Waals surface area contributed by atoms with E-state index in [1.54, 1.807) is 24.3 Å². The summed E-state index contributed by atoms with van der Waals surface area (Å²) in [7, 11) is 0. The number of likely N-dealkylation sites (tertiary alicyclic amines) is 1. The number of carboxylic acid groups (broad SMARTS) is 1. The van der Waals surface area contributed by atoms with E-state index in [2.05, 4.69) is 5.32 Å². The second-order valence-corrected chi connectivity index (χ2v) is 5.77. The van der Waals surface area contributed by atoms with E-state index in [1.165, 1.54) is 4.90 Å². The summed E-state index contributed by atoms with van der Waals surface area (Å²) in [6.07, 6.45) is 2.22. The van der Waals surface area contributed by atoms with Gasteiger partial charge in [-0.25, -0.2) is 0 Å². The molecule has 0 saturated carbocycles. The first-order valence-electron chi connectivity index (χ1n) is 8.12. The van der Waals surface area contributed by atoms with Crippen molar-refractivity contribution >= 4 is 23.5 Å². The van der Waals surface area contributed by atoms with Crippen molar-refractivity contribution < 1.29 is 19.5 Å². The first-order valence-corrected chi connectivity index (χ1v) is 8.12. The van der Waals surface area contributed by atoms with Crippen LogP contribution in [0, 0.1) is 0 Å². The summed E-state index contributed by atoms with van der Waals surface area (Å²) in [5.74, 6) is -1.04. The number of amides is 2. The highest BCUT2D eigenvalue weighted by Crippen LogP contribution is 2.12. The summed E-state index contributed by atoms with van der Waals surface area (Å²) in [5.41, 5.74) is 0.692. The molecule has 0 atom stereocenters. The van der Waals surface area contributed by atoms with E-state index in [1.807, 2.05) is 11.0 Å². The number of nitrogens with one attached hydrogen (secondary N) is 1. The fourth-order valence-corrected chi connectivity index (χ4v) is 2.71. The van der Waals surface area contributed by atoms with Crippen molar-refractivity contribution in [3.63, 3.8) is 0 Å². The lowest BCUT2D eigenvalue weighted by Gasteiger charge is -2.22. The molecule has 1 heterocycles. The molecule has 7 nitrogen and oxygen atoms in total. The van der Waals surface area contributed by atoms with Crippen LogP contribution in [0.25, 0.3) is 0 Å². The molecule has 2 amide bonds. The van der Waals surface area contributed by atoms with Gasteiger partial charge in [0, 0.05) is 31.7 Å². The lowest BCUT2D eigenvalue weighted by Crippen LogP contribution is -2.40. The van der Waals surface area contributed by atoms with E-state index in [4.69, 9.17) is 5.11 Å². The number of hydrogen-bond acceptors (Lipinski definition) is 4. The molecule has 1 fully saturated rings. The zero-order chi connectivity index (χ0) is 17.4. The molecule has 130 valence electrons. The molecule has 0 bridgehead atoms. The molecule has 1 aliphatic rings. The number of para-hydroxylation sites is 1. The van der Waals surface area contributed by atoms with Gasteiger partial charge >= 0.3 is 5.97 Å². The van der Waals surface area contributed by atoms with Crippen molar-refractivity contribution in [3.8, 4) is 0 Å². The van der Waals surface area contributed by atoms with Crippen LogP contribution in [0.15, 0.2) is 30.3 Å². The Morgan fingerprint density at radius 2 is 1.96 bits per heavy atom. The highest BCUT2D eigenvalue weighted by molar-refractivity contribution is 5.84.